The number of benzene rings is 1. The number of anilines is 1. The van der Waals surface area contributed by atoms with E-state index in [0.29, 0.717) is 5.96 Å². The normalized spacial score (nSPS) is 18.3. The van der Waals surface area contributed by atoms with Crippen LogP contribution in [0.2, 0.25) is 5.02 Å². The standard InChI is InChI=1S/C18H23ClN4OS/c1-18(24,14-6-11-25-12-14)13-21-17(20)23-9-7-22(8-10-23)16-4-2-15(19)3-5-16/h2-6,11-12,24H,7-10,13H2,1H3,(H2,20,21). The highest BCUT2D eigenvalue weighted by Gasteiger charge is 2.24. The minimum atomic E-state index is -0.990. The summed E-state index contributed by atoms with van der Waals surface area (Å²) in [6, 6.07) is 9.81. The summed E-state index contributed by atoms with van der Waals surface area (Å²) >= 11 is 7.51. The van der Waals surface area contributed by atoms with Crippen LogP contribution in [0.3, 0.4) is 0 Å². The van der Waals surface area contributed by atoms with E-state index in [9.17, 15) is 5.11 Å². The second-order valence-corrected chi connectivity index (χ2v) is 7.63. The Morgan fingerprint density at radius 3 is 2.52 bits per heavy atom. The van der Waals surface area contributed by atoms with Crippen LogP contribution in [0, 0.1) is 0 Å². The van der Waals surface area contributed by atoms with Crippen molar-refractivity contribution in [3.8, 4) is 0 Å². The van der Waals surface area contributed by atoms with Gasteiger partial charge in [0.1, 0.15) is 5.60 Å². The lowest BCUT2D eigenvalue weighted by Gasteiger charge is -2.36. The lowest BCUT2D eigenvalue weighted by molar-refractivity contribution is 0.0675. The number of aliphatic imine (C=N–C) groups is 1. The molecule has 0 aliphatic carbocycles. The molecule has 1 atom stereocenters. The topological polar surface area (TPSA) is 65.1 Å². The monoisotopic (exact) mass is 378 g/mol. The lowest BCUT2D eigenvalue weighted by atomic mass is 10.00. The van der Waals surface area contributed by atoms with Crippen LogP contribution in [0.4, 0.5) is 5.69 Å². The van der Waals surface area contributed by atoms with E-state index in [2.05, 4.69) is 14.8 Å². The number of halogens is 1. The molecule has 0 amide bonds. The molecule has 3 N–H and O–H groups in total. The molecule has 5 nitrogen and oxygen atoms in total. The highest BCUT2D eigenvalue weighted by atomic mass is 35.5. The van der Waals surface area contributed by atoms with Crippen LogP contribution in [-0.2, 0) is 5.60 Å². The van der Waals surface area contributed by atoms with Gasteiger partial charge in [-0.2, -0.15) is 11.3 Å². The van der Waals surface area contributed by atoms with Crippen LogP contribution in [0.1, 0.15) is 12.5 Å². The van der Waals surface area contributed by atoms with Crippen molar-refractivity contribution in [2.45, 2.75) is 12.5 Å². The van der Waals surface area contributed by atoms with Crippen molar-refractivity contribution in [1.82, 2.24) is 4.90 Å². The largest absolute Gasteiger partial charge is 0.383 e. The summed E-state index contributed by atoms with van der Waals surface area (Å²) in [5, 5.41) is 15.2. The number of aliphatic hydroxyl groups is 1. The summed E-state index contributed by atoms with van der Waals surface area (Å²) in [5.74, 6) is 0.492. The maximum absolute atomic E-state index is 10.5. The van der Waals surface area contributed by atoms with E-state index < -0.39 is 5.60 Å². The molecular formula is C18H23ClN4OS. The van der Waals surface area contributed by atoms with Crippen LogP contribution < -0.4 is 10.6 Å². The first-order valence-corrected chi connectivity index (χ1v) is 9.58. The van der Waals surface area contributed by atoms with Crippen molar-refractivity contribution >= 4 is 34.6 Å². The Morgan fingerprint density at radius 2 is 1.92 bits per heavy atom. The molecule has 134 valence electrons. The number of guanidine groups is 1. The van der Waals surface area contributed by atoms with Gasteiger partial charge in [-0.1, -0.05) is 11.6 Å². The third-order valence-electron chi connectivity index (χ3n) is 4.49. The summed E-state index contributed by atoms with van der Waals surface area (Å²) in [4.78, 5) is 8.80. The molecule has 1 aromatic carbocycles. The van der Waals surface area contributed by atoms with Gasteiger partial charge in [0.05, 0.1) is 6.54 Å². The average Bonchev–Trinajstić information content (AvgIpc) is 3.16. The third kappa shape index (κ3) is 4.45. The molecular weight excluding hydrogens is 356 g/mol. The van der Waals surface area contributed by atoms with E-state index in [1.54, 1.807) is 18.3 Å². The predicted molar refractivity (Wildman–Crippen MR) is 106 cm³/mol. The average molecular weight is 379 g/mol. The van der Waals surface area contributed by atoms with Crippen LogP contribution in [-0.4, -0.2) is 48.7 Å². The number of nitrogens with zero attached hydrogens (tertiary/aromatic N) is 3. The highest BCUT2D eigenvalue weighted by molar-refractivity contribution is 7.08. The van der Waals surface area contributed by atoms with Gasteiger partial charge in [-0.15, -0.1) is 0 Å². The SMILES string of the molecule is CC(O)(CN=C(N)N1CCN(c2ccc(Cl)cc2)CC1)c1ccsc1. The fraction of sp³-hybridized carbons (Fsp3) is 0.389. The Morgan fingerprint density at radius 1 is 1.24 bits per heavy atom. The zero-order valence-electron chi connectivity index (χ0n) is 14.2. The minimum Gasteiger partial charge on any atom is -0.383 e. The second kappa shape index (κ2) is 7.64. The van der Waals surface area contributed by atoms with Gasteiger partial charge in [-0.05, 0) is 53.6 Å². The molecule has 7 heteroatoms. The van der Waals surface area contributed by atoms with E-state index in [4.69, 9.17) is 17.3 Å². The van der Waals surface area contributed by atoms with E-state index >= 15 is 0 Å². The summed E-state index contributed by atoms with van der Waals surface area (Å²) in [6.45, 7) is 5.38. The fourth-order valence-electron chi connectivity index (χ4n) is 2.84. The molecule has 0 saturated carbocycles. The van der Waals surface area contributed by atoms with Gasteiger partial charge in [-0.25, -0.2) is 4.99 Å². The summed E-state index contributed by atoms with van der Waals surface area (Å²) in [6.07, 6.45) is 0. The minimum absolute atomic E-state index is 0.257. The van der Waals surface area contributed by atoms with Gasteiger partial charge in [0, 0.05) is 36.9 Å². The van der Waals surface area contributed by atoms with Crippen molar-refractivity contribution in [3.05, 3.63) is 51.7 Å². The maximum atomic E-state index is 10.5. The molecule has 25 heavy (non-hydrogen) atoms. The molecule has 0 radical (unpaired) electrons. The van der Waals surface area contributed by atoms with E-state index in [-0.39, 0.29) is 6.54 Å². The van der Waals surface area contributed by atoms with Gasteiger partial charge < -0.3 is 20.6 Å². The Bertz CT molecular complexity index is 707. The molecule has 0 spiro atoms. The van der Waals surface area contributed by atoms with E-state index in [1.807, 2.05) is 41.1 Å². The molecule has 2 aromatic rings. The number of rotatable bonds is 4. The first-order valence-electron chi connectivity index (χ1n) is 8.26. The molecule has 0 bridgehead atoms. The van der Waals surface area contributed by atoms with Gasteiger partial charge in [0.2, 0.25) is 0 Å². The Kier molecular flexibility index (Phi) is 5.51. The first kappa shape index (κ1) is 18.0. The lowest BCUT2D eigenvalue weighted by Crippen LogP contribution is -2.51. The van der Waals surface area contributed by atoms with Crippen molar-refractivity contribution in [3.63, 3.8) is 0 Å². The molecule has 1 aliphatic rings. The molecule has 1 aliphatic heterocycles. The smallest absolute Gasteiger partial charge is 0.191 e. The number of hydrogen-bond acceptors (Lipinski definition) is 4. The number of piperazine rings is 1. The van der Waals surface area contributed by atoms with Crippen LogP contribution in [0.15, 0.2) is 46.1 Å². The van der Waals surface area contributed by atoms with Crippen molar-refractivity contribution in [2.75, 3.05) is 37.6 Å². The molecule has 1 saturated heterocycles. The fourth-order valence-corrected chi connectivity index (χ4v) is 3.75. The van der Waals surface area contributed by atoms with Crippen LogP contribution in [0.5, 0.6) is 0 Å². The second-order valence-electron chi connectivity index (χ2n) is 6.41. The zero-order valence-corrected chi connectivity index (χ0v) is 15.8. The van der Waals surface area contributed by atoms with Crippen molar-refractivity contribution < 1.29 is 5.11 Å². The van der Waals surface area contributed by atoms with Gasteiger partial charge >= 0.3 is 0 Å². The van der Waals surface area contributed by atoms with Gasteiger partial charge in [-0.3, -0.25) is 0 Å². The number of thiophene rings is 1. The van der Waals surface area contributed by atoms with Gasteiger partial charge in [0.25, 0.3) is 0 Å². The van der Waals surface area contributed by atoms with E-state index in [0.717, 1.165) is 36.8 Å². The zero-order chi connectivity index (χ0) is 17.9. The summed E-state index contributed by atoms with van der Waals surface area (Å²) in [7, 11) is 0. The van der Waals surface area contributed by atoms with Crippen LogP contribution in [0.25, 0.3) is 0 Å². The predicted octanol–water partition coefficient (Wildman–Crippen LogP) is 2.75. The Hall–Kier alpha value is -1.76. The highest BCUT2D eigenvalue weighted by Crippen LogP contribution is 2.23. The molecule has 1 fully saturated rings. The summed E-state index contributed by atoms with van der Waals surface area (Å²) < 4.78 is 0. The first-order chi connectivity index (χ1) is 12.0. The quantitative estimate of drug-likeness (QED) is 0.634. The maximum Gasteiger partial charge on any atom is 0.191 e. The molecule has 1 aromatic heterocycles. The van der Waals surface area contributed by atoms with Crippen molar-refractivity contribution in [2.24, 2.45) is 10.7 Å². The van der Waals surface area contributed by atoms with Crippen molar-refractivity contribution in [1.29, 1.82) is 0 Å². The molecule has 2 heterocycles. The van der Waals surface area contributed by atoms with E-state index in [1.165, 1.54) is 5.69 Å². The summed E-state index contributed by atoms with van der Waals surface area (Å²) in [5.41, 5.74) is 7.20. The number of hydrogen-bond donors (Lipinski definition) is 2. The Labute approximate surface area is 157 Å². The molecule has 3 rings (SSSR count). The van der Waals surface area contributed by atoms with Gasteiger partial charge in [0.15, 0.2) is 5.96 Å². The third-order valence-corrected chi connectivity index (χ3v) is 5.42. The molecule has 1 unspecified atom stereocenters. The number of nitrogens with two attached hydrogens (primary N) is 1. The Balaban J connectivity index is 1.56. The van der Waals surface area contributed by atoms with Crippen LogP contribution >= 0.6 is 22.9 Å².